The Balaban J connectivity index is 0.000000619. The molecule has 6 aliphatic rings. The first kappa shape index (κ1) is 96.8. The van der Waals surface area contributed by atoms with E-state index in [4.69, 9.17) is 14.2 Å². The van der Waals surface area contributed by atoms with E-state index in [0.717, 1.165) is 32.8 Å². The monoisotopic (exact) mass is 1740 g/mol. The number of ether oxygens (including phenoxy) is 6. The van der Waals surface area contributed by atoms with Crippen molar-refractivity contribution in [2.24, 2.45) is 0 Å². The maximum Gasteiger partial charge on any atom is 0.339 e. The molecule has 6 unspecified atom stereocenters. The second-order valence-electron chi connectivity index (χ2n) is 20.3. The maximum atomic E-state index is 11.6. The third kappa shape index (κ3) is 41.6. The predicted molar refractivity (Wildman–Crippen MR) is 333 cm³/mol. The van der Waals surface area contributed by atoms with Gasteiger partial charge in [-0.1, -0.05) is 46.5 Å². The molecule has 0 spiro atoms. The summed E-state index contributed by atoms with van der Waals surface area (Å²) >= 11 is 0. The van der Waals surface area contributed by atoms with Gasteiger partial charge >= 0.3 is 35.8 Å². The van der Waals surface area contributed by atoms with Crippen LogP contribution in [0, 0.1) is 0 Å². The summed E-state index contributed by atoms with van der Waals surface area (Å²) < 4.78 is 346. The van der Waals surface area contributed by atoms with Crippen molar-refractivity contribution >= 4 is 157 Å². The topological polar surface area (TPSA) is 678 Å². The second kappa shape index (κ2) is 41.9. The van der Waals surface area contributed by atoms with E-state index in [0.29, 0.717) is 19.3 Å². The molecular weight excluding hydrogens is 1670 g/mol. The number of rotatable bonds is 18. The van der Waals surface area contributed by atoms with E-state index in [2.05, 4.69) is 64.4 Å². The van der Waals surface area contributed by atoms with Crippen molar-refractivity contribution in [2.45, 2.75) is 129 Å². The number of carbonyl (C=O) groups is 6. The Morgan fingerprint density at radius 3 is 0.757 bits per heavy atom. The molecule has 6 saturated heterocycles. The largest absolute Gasteiger partial charge is 0.467 e. The molecule has 103 heavy (non-hydrogen) atoms. The molecule has 0 amide bonds. The zero-order chi connectivity index (χ0) is 79.5. The highest BCUT2D eigenvalue weighted by Crippen LogP contribution is 2.20. The minimum atomic E-state index is -4.37. The molecule has 60 heteroatoms. The van der Waals surface area contributed by atoms with Crippen LogP contribution in [0.2, 0.25) is 0 Å². The minimum absolute atomic E-state index is 0.0193. The fourth-order valence-corrected chi connectivity index (χ4v) is 22.8. The lowest BCUT2D eigenvalue weighted by atomic mass is 10.2. The molecule has 0 N–H and O–H groups in total. The summed E-state index contributed by atoms with van der Waals surface area (Å²) in [5, 5.41) is -7.86. The summed E-state index contributed by atoms with van der Waals surface area (Å²) in [7, 11) is -50.6. The lowest BCUT2D eigenvalue weighted by Gasteiger charge is -2.14. The van der Waals surface area contributed by atoms with Gasteiger partial charge in [0, 0.05) is 0 Å². The minimum Gasteiger partial charge on any atom is -0.467 e. The van der Waals surface area contributed by atoms with Gasteiger partial charge < -0.3 is 28.4 Å². The zero-order valence-electron chi connectivity index (χ0n) is 54.8. The van der Waals surface area contributed by atoms with E-state index < -0.39 is 270 Å². The van der Waals surface area contributed by atoms with E-state index >= 15 is 0 Å². The standard InChI is InChI=1S/C10H18O8S2.C8H14O8S2.2C7H12O8S2.C6H10O8S2.C5H8O8S2/c1-2-3-4-5-6-16-10(11)9-7-17-19(12,13)8-20(14,15)18-9;1-2-3-4-14-8(9)7-5-15-17(10,11)6-18(12,13)16-7;1-5(2)14-7(8)6-3-13-16(9,10)4-17(11,12)15-6;1-2-3-13-7(8)6-4-14-16(9,10)5-17(11,12)15-6;1-2-12-6(7)5-3-13-15(8,9)4-16(10,11)14-5;1-11-5(6)4-2-12-14(7,8)3-15(9,10)13-4/h9H,2-8H2,1H3;7H,2-6H2,1H3;5-6H,3-4H2,1-2H3;6H,2-5H2,1H3;5H,2-4H2,1H3;4H,2-3H2,1H3. The van der Waals surface area contributed by atoms with Gasteiger partial charge in [0.15, 0.2) is 36.6 Å². The molecule has 0 saturated carbocycles. The van der Waals surface area contributed by atoms with Gasteiger partial charge in [-0.3, -0.25) is 50.2 Å². The Labute approximate surface area is 594 Å². The van der Waals surface area contributed by atoms with Crippen LogP contribution in [-0.2, 0) is 229 Å². The van der Waals surface area contributed by atoms with Crippen LogP contribution >= 0.6 is 0 Å². The van der Waals surface area contributed by atoms with Crippen molar-refractivity contribution in [1.82, 2.24) is 0 Å². The Morgan fingerprint density at radius 2 is 0.524 bits per heavy atom. The summed E-state index contributed by atoms with van der Waals surface area (Å²) in [6.07, 6.45) is -4.45. The molecular formula is C43H74O48S12. The van der Waals surface area contributed by atoms with Gasteiger partial charge in [-0.15, -0.1) is 0 Å². The average Bonchev–Trinajstić information content (AvgIpc) is 1.75. The van der Waals surface area contributed by atoms with Crippen molar-refractivity contribution in [3.8, 4) is 0 Å². The van der Waals surface area contributed by atoms with Crippen LogP contribution in [0.5, 0.6) is 0 Å². The SMILES string of the molecule is CC(C)OC(=O)C1COS(=O)(=O)CS(=O)(=O)O1.CCCCCCOC(=O)C1COS(=O)(=O)CS(=O)(=O)O1.CCCCOC(=O)C1COS(=O)(=O)CS(=O)(=O)O1.CCCOC(=O)C1COS(=O)(=O)CS(=O)(=O)O1.CCOC(=O)C1COS(=O)(=O)CS(=O)(=O)O1.COC(=O)C1COS(=O)(=O)CS(=O)(=O)O1. The Hall–Kier alpha value is -4.26. The van der Waals surface area contributed by atoms with Crippen molar-refractivity contribution in [2.75, 3.05) is 104 Å². The summed E-state index contributed by atoms with van der Waals surface area (Å²) in [6.45, 7) is 6.41. The molecule has 0 aliphatic carbocycles. The molecule has 48 nitrogen and oxygen atoms in total. The molecule has 6 atom stereocenters. The quantitative estimate of drug-likeness (QED) is 0.0534. The highest BCUT2D eigenvalue weighted by molar-refractivity contribution is 8.06. The first-order valence-electron chi connectivity index (χ1n) is 28.5. The Kier molecular flexibility index (Phi) is 39.4. The first-order chi connectivity index (χ1) is 46.9. The van der Waals surface area contributed by atoms with Crippen molar-refractivity contribution in [3.63, 3.8) is 0 Å². The Bertz CT molecular complexity index is 4320. The third-order valence-electron chi connectivity index (χ3n) is 10.6. The fourth-order valence-electron chi connectivity index (χ4n) is 6.47. The summed E-state index contributed by atoms with van der Waals surface area (Å²) in [5.74, 6) is -5.85. The summed E-state index contributed by atoms with van der Waals surface area (Å²) in [4.78, 5) is 67.8. The average molecular weight is 1740 g/mol. The van der Waals surface area contributed by atoms with Crippen LogP contribution < -0.4 is 0 Å². The molecule has 0 aromatic heterocycles. The molecule has 6 heterocycles. The lowest BCUT2D eigenvalue weighted by Crippen LogP contribution is -2.33. The van der Waals surface area contributed by atoms with Crippen molar-refractivity contribution < 1.29 is 208 Å². The van der Waals surface area contributed by atoms with Crippen molar-refractivity contribution in [1.29, 1.82) is 0 Å². The van der Waals surface area contributed by atoms with Crippen LogP contribution in [-0.4, -0.2) is 283 Å². The van der Waals surface area contributed by atoms with E-state index in [1.807, 2.05) is 13.8 Å². The van der Waals surface area contributed by atoms with E-state index in [-0.39, 0.29) is 26.4 Å². The van der Waals surface area contributed by atoms with Crippen LogP contribution in [0.3, 0.4) is 0 Å². The molecule has 6 rings (SSSR count). The van der Waals surface area contributed by atoms with Gasteiger partial charge in [0.2, 0.25) is 30.5 Å². The van der Waals surface area contributed by atoms with Crippen LogP contribution in [0.4, 0.5) is 0 Å². The molecule has 606 valence electrons. The highest BCUT2D eigenvalue weighted by atomic mass is 32.3. The molecule has 6 fully saturated rings. The molecule has 0 aromatic rings. The number of hydrogen-bond acceptors (Lipinski definition) is 48. The van der Waals surface area contributed by atoms with Gasteiger partial charge in [-0.2, -0.15) is 101 Å². The number of unbranched alkanes of at least 4 members (excludes halogenated alkanes) is 4. The maximum absolute atomic E-state index is 11.6. The number of esters is 6. The number of methoxy groups -OCH3 is 1. The molecule has 6 aliphatic heterocycles. The molecule has 0 aromatic carbocycles. The third-order valence-corrected chi connectivity index (χ3v) is 30.5. The fraction of sp³-hybridized carbons (Fsp3) is 0.860. The van der Waals surface area contributed by atoms with E-state index in [9.17, 15) is 130 Å². The predicted octanol–water partition coefficient (Wildman–Crippen LogP) is -5.78. The second-order valence-corrected chi connectivity index (χ2v) is 41.9. The van der Waals surface area contributed by atoms with Gasteiger partial charge in [0.05, 0.1) is 39.6 Å². The van der Waals surface area contributed by atoms with Gasteiger partial charge in [-0.25, -0.2) is 28.8 Å². The van der Waals surface area contributed by atoms with Gasteiger partial charge in [0.1, 0.15) is 39.6 Å². The normalized spacial score (nSPS) is 26.9. The van der Waals surface area contributed by atoms with Crippen molar-refractivity contribution in [3.05, 3.63) is 0 Å². The molecule has 0 bridgehead atoms. The number of hydrogen-bond donors (Lipinski definition) is 0. The number of carbonyl (C=O) groups excluding carboxylic acids is 6. The highest BCUT2D eigenvalue weighted by Gasteiger charge is 2.43. The van der Waals surface area contributed by atoms with Gasteiger partial charge in [0.25, 0.3) is 121 Å². The van der Waals surface area contributed by atoms with Crippen LogP contribution in [0.15, 0.2) is 0 Å². The summed E-state index contributed by atoms with van der Waals surface area (Å²) in [5.41, 5.74) is 0. The smallest absolute Gasteiger partial charge is 0.339 e. The Morgan fingerprint density at radius 1 is 0.291 bits per heavy atom. The zero-order valence-corrected chi connectivity index (χ0v) is 64.6. The van der Waals surface area contributed by atoms with E-state index in [1.165, 1.54) is 6.92 Å². The van der Waals surface area contributed by atoms with E-state index in [1.54, 1.807) is 20.8 Å². The van der Waals surface area contributed by atoms with Gasteiger partial charge in [-0.05, 0) is 40.0 Å². The lowest BCUT2D eigenvalue weighted by molar-refractivity contribution is -0.157. The summed E-state index contributed by atoms with van der Waals surface area (Å²) in [6, 6.07) is 0. The molecule has 0 radical (unpaired) electrons. The van der Waals surface area contributed by atoms with Crippen LogP contribution in [0.1, 0.15) is 86.5 Å². The first-order valence-corrected chi connectivity index (χ1v) is 47.5. The van der Waals surface area contributed by atoms with Crippen LogP contribution in [0.25, 0.3) is 0 Å².